The molecule has 0 amide bonds. The van der Waals surface area contributed by atoms with E-state index < -0.39 is 11.2 Å². The predicted octanol–water partition coefficient (Wildman–Crippen LogP) is 9.78. The molecule has 5 aromatic rings. The van der Waals surface area contributed by atoms with Crippen molar-refractivity contribution in [3.05, 3.63) is 125 Å². The number of piperidine rings is 1. The Labute approximate surface area is 323 Å². The van der Waals surface area contributed by atoms with E-state index in [1.54, 1.807) is 26.4 Å². The quantitative estimate of drug-likeness (QED) is 0.114. The third-order valence-corrected chi connectivity index (χ3v) is 11.6. The van der Waals surface area contributed by atoms with Gasteiger partial charge >= 0.3 is 0 Å². The van der Waals surface area contributed by atoms with E-state index in [1.807, 2.05) is 24.3 Å². The van der Waals surface area contributed by atoms with Crippen LogP contribution < -0.4 is 19.1 Å². The van der Waals surface area contributed by atoms with Gasteiger partial charge in [0.25, 0.3) is 0 Å². The maximum Gasteiger partial charge on any atom is 0.178 e. The molecule has 0 spiro atoms. The Kier molecular flexibility index (Phi) is 10.6. The molecule has 2 atom stereocenters. The Balaban J connectivity index is 1.44. The second kappa shape index (κ2) is 15.7. The van der Waals surface area contributed by atoms with Crippen LogP contribution in [0.3, 0.4) is 0 Å². The lowest BCUT2D eigenvalue weighted by Crippen LogP contribution is -2.36. The fraction of sp³-hybridized carbons (Fsp3) is 0.362. The third-order valence-electron chi connectivity index (χ3n) is 11.6. The number of hydrogen-bond acceptors (Lipinski definition) is 7. The third kappa shape index (κ3) is 6.44. The van der Waals surface area contributed by atoms with E-state index in [2.05, 4.69) is 60.4 Å². The zero-order valence-electron chi connectivity index (χ0n) is 32.0. The number of benzene rings is 5. The number of aliphatic hydroxyl groups excluding tert-OH is 1. The number of methoxy groups -OCH3 is 2. The molecule has 0 aromatic heterocycles. The molecule has 8 rings (SSSR count). The first-order valence-corrected chi connectivity index (χ1v) is 19.7. The first-order chi connectivity index (χ1) is 27.0. The molecule has 1 N–H and O–H groups in total. The van der Waals surface area contributed by atoms with Gasteiger partial charge in [0, 0.05) is 40.7 Å². The van der Waals surface area contributed by atoms with E-state index in [1.165, 1.54) is 18.6 Å². The van der Waals surface area contributed by atoms with Crippen LogP contribution >= 0.6 is 0 Å². The molecular formula is C47H50FNO6. The van der Waals surface area contributed by atoms with Crippen LogP contribution in [0.2, 0.25) is 0 Å². The first-order valence-electron chi connectivity index (χ1n) is 19.7. The second-order valence-corrected chi connectivity index (χ2v) is 14.7. The van der Waals surface area contributed by atoms with Gasteiger partial charge in [0.05, 0.1) is 46.3 Å². The van der Waals surface area contributed by atoms with Crippen LogP contribution in [0.5, 0.6) is 17.2 Å². The van der Waals surface area contributed by atoms with Crippen molar-refractivity contribution in [1.29, 1.82) is 0 Å². The topological polar surface area (TPSA) is 69.6 Å². The zero-order valence-corrected chi connectivity index (χ0v) is 32.0. The van der Waals surface area contributed by atoms with E-state index >= 15 is 0 Å². The van der Waals surface area contributed by atoms with E-state index in [4.69, 9.17) is 23.7 Å². The zero-order chi connectivity index (χ0) is 38.0. The number of hydrogen-bond donors (Lipinski definition) is 1. The van der Waals surface area contributed by atoms with Crippen molar-refractivity contribution in [1.82, 2.24) is 0 Å². The molecule has 3 aliphatic rings. The summed E-state index contributed by atoms with van der Waals surface area (Å²) >= 11 is 0. The SMILES string of the molecule is CCCCC1(OCCOCCO)c2ccccc2-c2c1c1c(c3cc(OC)c(N4CCCCC4)cc23)OC(c2ccc(F)cc2)(c2ccc(OC)cc2)C=C1. The van der Waals surface area contributed by atoms with Crippen LogP contribution in [-0.2, 0) is 20.7 Å². The number of halogens is 1. The summed E-state index contributed by atoms with van der Waals surface area (Å²) < 4.78 is 46.7. The van der Waals surface area contributed by atoms with Crippen molar-refractivity contribution in [3.8, 4) is 28.4 Å². The fourth-order valence-electron chi connectivity index (χ4n) is 8.95. The van der Waals surface area contributed by atoms with Crippen LogP contribution in [0.1, 0.15) is 73.3 Å². The second-order valence-electron chi connectivity index (χ2n) is 14.7. The lowest BCUT2D eigenvalue weighted by molar-refractivity contribution is -0.0533. The maximum absolute atomic E-state index is 14.5. The Bertz CT molecular complexity index is 2180. The molecule has 5 aromatic carbocycles. The van der Waals surface area contributed by atoms with Gasteiger partial charge in [-0.05, 0) is 90.2 Å². The molecule has 7 nitrogen and oxygen atoms in total. The number of fused-ring (bicyclic) bond motifs is 8. The summed E-state index contributed by atoms with van der Waals surface area (Å²) in [6.45, 7) is 5.06. The van der Waals surface area contributed by atoms with Crippen molar-refractivity contribution < 1.29 is 33.2 Å². The summed E-state index contributed by atoms with van der Waals surface area (Å²) in [6, 6.07) is 27.6. The first kappa shape index (κ1) is 37.1. The highest BCUT2D eigenvalue weighted by molar-refractivity contribution is 6.10. The van der Waals surface area contributed by atoms with Gasteiger partial charge in [-0.25, -0.2) is 4.39 Å². The highest BCUT2D eigenvalue weighted by atomic mass is 19.1. The normalized spacial score (nSPS) is 19.8. The molecule has 1 fully saturated rings. The summed E-state index contributed by atoms with van der Waals surface area (Å²) in [7, 11) is 3.40. The molecule has 0 saturated carbocycles. The van der Waals surface area contributed by atoms with Gasteiger partial charge in [-0.2, -0.15) is 0 Å². The predicted molar refractivity (Wildman–Crippen MR) is 216 cm³/mol. The van der Waals surface area contributed by atoms with Gasteiger partial charge in [0.1, 0.15) is 28.7 Å². The standard InChI is InChI=1S/C47H50FNO6/c1-4-5-22-47(54-29-28-53-27-26-50)40-12-8-7-11-36(40)43-38-30-41(49-24-9-6-10-25-49)42(52-3)31-39(38)45-37(44(43)47)21-23-46(55-45,32-13-17-34(48)18-14-32)33-15-19-35(51-2)20-16-33/h7-8,11-21,23,30-31,50H,4-6,9-10,22,24-29H2,1-3H3. The number of ether oxygens (including phenoxy) is 5. The van der Waals surface area contributed by atoms with Crippen molar-refractivity contribution in [2.75, 3.05) is 58.6 Å². The highest BCUT2D eigenvalue weighted by Crippen LogP contribution is 2.61. The summed E-state index contributed by atoms with van der Waals surface area (Å²) in [6.07, 6.45) is 10.5. The van der Waals surface area contributed by atoms with E-state index in [-0.39, 0.29) is 19.0 Å². The average Bonchev–Trinajstić information content (AvgIpc) is 3.53. The van der Waals surface area contributed by atoms with Gasteiger partial charge < -0.3 is 33.7 Å². The number of unbranched alkanes of at least 4 members (excludes halogenated alkanes) is 1. The number of aliphatic hydroxyl groups is 1. The van der Waals surface area contributed by atoms with Gasteiger partial charge in [0.15, 0.2) is 5.60 Å². The number of rotatable bonds is 14. The molecule has 1 aliphatic carbocycles. The Hall–Kier alpha value is -4.89. The van der Waals surface area contributed by atoms with E-state index in [0.717, 1.165) is 112 Å². The fourth-order valence-corrected chi connectivity index (χ4v) is 8.95. The molecule has 2 unspecified atom stereocenters. The van der Waals surface area contributed by atoms with Crippen molar-refractivity contribution in [3.63, 3.8) is 0 Å². The summed E-state index contributed by atoms with van der Waals surface area (Å²) in [5.41, 5.74) is 6.31. The molecule has 8 heteroatoms. The van der Waals surface area contributed by atoms with Crippen molar-refractivity contribution >= 4 is 22.5 Å². The molecular weight excluding hydrogens is 694 g/mol. The highest BCUT2D eigenvalue weighted by Gasteiger charge is 2.49. The van der Waals surface area contributed by atoms with Crippen LogP contribution in [-0.4, -0.2) is 58.8 Å². The Morgan fingerprint density at radius 1 is 0.836 bits per heavy atom. The summed E-state index contributed by atoms with van der Waals surface area (Å²) in [5.74, 6) is 1.93. The van der Waals surface area contributed by atoms with Gasteiger partial charge in [-0.3, -0.25) is 0 Å². The van der Waals surface area contributed by atoms with E-state index in [0.29, 0.717) is 19.0 Å². The average molecular weight is 744 g/mol. The van der Waals surface area contributed by atoms with Crippen molar-refractivity contribution in [2.24, 2.45) is 0 Å². The Morgan fingerprint density at radius 3 is 2.29 bits per heavy atom. The molecule has 55 heavy (non-hydrogen) atoms. The number of nitrogens with zero attached hydrogens (tertiary/aromatic N) is 1. The largest absolute Gasteiger partial charge is 0.497 e. The van der Waals surface area contributed by atoms with Crippen LogP contribution in [0.4, 0.5) is 10.1 Å². The summed E-state index contributed by atoms with van der Waals surface area (Å²) in [5, 5.41) is 11.4. The van der Waals surface area contributed by atoms with Crippen LogP contribution in [0.15, 0.2) is 91.0 Å². The van der Waals surface area contributed by atoms with Gasteiger partial charge in [0.2, 0.25) is 0 Å². The van der Waals surface area contributed by atoms with Gasteiger partial charge in [-0.1, -0.05) is 74.4 Å². The minimum atomic E-state index is -1.09. The van der Waals surface area contributed by atoms with Crippen molar-refractivity contribution in [2.45, 2.75) is 56.7 Å². The maximum atomic E-state index is 14.5. The molecule has 2 aliphatic heterocycles. The minimum Gasteiger partial charge on any atom is -0.497 e. The smallest absolute Gasteiger partial charge is 0.178 e. The number of anilines is 1. The lowest BCUT2D eigenvalue weighted by Gasteiger charge is -2.40. The van der Waals surface area contributed by atoms with Crippen LogP contribution in [0, 0.1) is 5.82 Å². The Morgan fingerprint density at radius 2 is 1.58 bits per heavy atom. The molecule has 2 heterocycles. The molecule has 1 saturated heterocycles. The molecule has 0 bridgehead atoms. The summed E-state index contributed by atoms with van der Waals surface area (Å²) in [4.78, 5) is 2.45. The molecule has 286 valence electrons. The minimum absolute atomic E-state index is 0.0406. The van der Waals surface area contributed by atoms with E-state index in [9.17, 15) is 9.50 Å². The van der Waals surface area contributed by atoms with Crippen LogP contribution in [0.25, 0.3) is 28.0 Å². The molecule has 0 radical (unpaired) electrons. The lowest BCUT2D eigenvalue weighted by atomic mass is 9.78. The monoisotopic (exact) mass is 743 g/mol. The van der Waals surface area contributed by atoms with Gasteiger partial charge in [-0.15, -0.1) is 0 Å².